The van der Waals surface area contributed by atoms with Crippen LogP contribution in [0.15, 0.2) is 34.8 Å². The molecule has 0 aliphatic heterocycles. The summed E-state index contributed by atoms with van der Waals surface area (Å²) in [6, 6.07) is 6.12. The fourth-order valence-corrected chi connectivity index (χ4v) is 2.39. The lowest BCUT2D eigenvalue weighted by Crippen LogP contribution is -2.07. The molecule has 0 saturated carbocycles. The van der Waals surface area contributed by atoms with Gasteiger partial charge in [0.1, 0.15) is 23.1 Å². The van der Waals surface area contributed by atoms with Gasteiger partial charge in [0.15, 0.2) is 0 Å². The molecule has 0 heterocycles. The first-order valence-corrected chi connectivity index (χ1v) is 6.93. The van der Waals surface area contributed by atoms with Crippen molar-refractivity contribution in [1.82, 2.24) is 0 Å². The molecule has 0 aliphatic rings. The van der Waals surface area contributed by atoms with Crippen LogP contribution in [0.2, 0.25) is 5.02 Å². The minimum Gasteiger partial charge on any atom is -0.456 e. The summed E-state index contributed by atoms with van der Waals surface area (Å²) in [5.41, 5.74) is 6.27. The van der Waals surface area contributed by atoms with E-state index in [0.29, 0.717) is 15.8 Å². The molecule has 0 bridgehead atoms. The third kappa shape index (κ3) is 3.29. The predicted octanol–water partition coefficient (Wildman–Crippen LogP) is 5.19. The van der Waals surface area contributed by atoms with E-state index >= 15 is 0 Å². The van der Waals surface area contributed by atoms with Gasteiger partial charge in [-0.05, 0) is 47.1 Å². The summed E-state index contributed by atoms with van der Waals surface area (Å²) >= 11 is 8.89. The Morgan fingerprint density at radius 1 is 1.20 bits per heavy atom. The minimum absolute atomic E-state index is 0.0178. The average Bonchev–Trinajstić information content (AvgIpc) is 2.37. The van der Waals surface area contributed by atoms with Crippen molar-refractivity contribution in [3.8, 4) is 11.5 Å². The van der Waals surface area contributed by atoms with Crippen molar-refractivity contribution in [2.24, 2.45) is 5.73 Å². The van der Waals surface area contributed by atoms with Crippen LogP contribution in [0.4, 0.5) is 8.78 Å². The van der Waals surface area contributed by atoms with Crippen molar-refractivity contribution in [2.75, 3.05) is 0 Å². The second-order valence-corrected chi connectivity index (χ2v) is 5.53. The Balaban J connectivity index is 2.42. The minimum atomic E-state index is -0.602. The fourth-order valence-electron chi connectivity index (χ4n) is 1.67. The van der Waals surface area contributed by atoms with Crippen molar-refractivity contribution >= 4 is 27.5 Å². The summed E-state index contributed by atoms with van der Waals surface area (Å²) in [5, 5.41) is -0.0178. The highest BCUT2D eigenvalue weighted by Gasteiger charge is 2.14. The molecule has 0 radical (unpaired) electrons. The van der Waals surface area contributed by atoms with E-state index in [1.54, 1.807) is 6.92 Å². The summed E-state index contributed by atoms with van der Waals surface area (Å²) in [7, 11) is 0. The van der Waals surface area contributed by atoms with Gasteiger partial charge in [0, 0.05) is 17.7 Å². The molecule has 0 saturated heterocycles. The highest BCUT2D eigenvalue weighted by atomic mass is 79.9. The Kier molecular flexibility index (Phi) is 4.62. The zero-order chi connectivity index (χ0) is 14.9. The van der Waals surface area contributed by atoms with Gasteiger partial charge < -0.3 is 10.5 Å². The van der Waals surface area contributed by atoms with Gasteiger partial charge in [-0.1, -0.05) is 11.6 Å². The van der Waals surface area contributed by atoms with E-state index in [1.807, 2.05) is 0 Å². The molecule has 2 aromatic carbocycles. The van der Waals surface area contributed by atoms with E-state index in [9.17, 15) is 8.78 Å². The number of benzene rings is 2. The van der Waals surface area contributed by atoms with Gasteiger partial charge in [0.25, 0.3) is 0 Å². The maximum absolute atomic E-state index is 13.5. The Labute approximate surface area is 128 Å². The zero-order valence-electron chi connectivity index (χ0n) is 10.5. The van der Waals surface area contributed by atoms with Gasteiger partial charge in [-0.2, -0.15) is 0 Å². The summed E-state index contributed by atoms with van der Waals surface area (Å²) in [5.74, 6) is -0.412. The van der Waals surface area contributed by atoms with E-state index in [4.69, 9.17) is 22.1 Å². The lowest BCUT2D eigenvalue weighted by molar-refractivity contribution is 0.461. The number of halogens is 4. The van der Waals surface area contributed by atoms with E-state index in [-0.39, 0.29) is 10.8 Å². The maximum Gasteiger partial charge on any atom is 0.145 e. The lowest BCUT2D eigenvalue weighted by Gasteiger charge is -2.15. The molecule has 6 heteroatoms. The molecule has 1 atom stereocenters. The van der Waals surface area contributed by atoms with Crippen molar-refractivity contribution in [3.63, 3.8) is 0 Å². The molecular formula is C14H11BrClF2NO. The van der Waals surface area contributed by atoms with Crippen LogP contribution >= 0.6 is 27.5 Å². The molecule has 0 aromatic heterocycles. The fraction of sp³-hybridized carbons (Fsp3) is 0.143. The molecular weight excluding hydrogens is 352 g/mol. The van der Waals surface area contributed by atoms with E-state index in [1.165, 1.54) is 24.3 Å². The smallest absolute Gasteiger partial charge is 0.145 e. The second kappa shape index (κ2) is 6.08. The van der Waals surface area contributed by atoms with Crippen LogP contribution in [0.3, 0.4) is 0 Å². The molecule has 0 unspecified atom stereocenters. The van der Waals surface area contributed by atoms with Gasteiger partial charge >= 0.3 is 0 Å². The molecule has 0 spiro atoms. The number of nitrogens with two attached hydrogens (primary N) is 1. The van der Waals surface area contributed by atoms with Crippen LogP contribution in [-0.2, 0) is 0 Å². The highest BCUT2D eigenvalue weighted by molar-refractivity contribution is 9.10. The van der Waals surface area contributed by atoms with Crippen LogP contribution in [0.5, 0.6) is 11.5 Å². The Morgan fingerprint density at radius 3 is 2.55 bits per heavy atom. The van der Waals surface area contributed by atoms with Gasteiger partial charge in [0.05, 0.1) is 9.50 Å². The molecule has 2 nitrogen and oxygen atoms in total. The largest absolute Gasteiger partial charge is 0.456 e. The first kappa shape index (κ1) is 15.2. The molecule has 0 fully saturated rings. The monoisotopic (exact) mass is 361 g/mol. The third-order valence-electron chi connectivity index (χ3n) is 2.66. The van der Waals surface area contributed by atoms with Crippen LogP contribution in [0, 0.1) is 11.6 Å². The van der Waals surface area contributed by atoms with Crippen LogP contribution in [-0.4, -0.2) is 0 Å². The van der Waals surface area contributed by atoms with Crippen molar-refractivity contribution in [3.05, 3.63) is 57.0 Å². The Morgan fingerprint density at radius 2 is 1.90 bits per heavy atom. The van der Waals surface area contributed by atoms with Gasteiger partial charge in [-0.3, -0.25) is 0 Å². The first-order valence-electron chi connectivity index (χ1n) is 5.76. The SMILES string of the molecule is C[C@H](N)c1cc(F)ccc1Oc1cc(F)c(Cl)cc1Br. The van der Waals surface area contributed by atoms with Crippen molar-refractivity contribution < 1.29 is 13.5 Å². The summed E-state index contributed by atoms with van der Waals surface area (Å²) in [4.78, 5) is 0. The van der Waals surface area contributed by atoms with E-state index in [0.717, 1.165) is 6.07 Å². The maximum atomic E-state index is 13.5. The molecule has 2 aromatic rings. The molecule has 2 rings (SSSR count). The highest BCUT2D eigenvalue weighted by Crippen LogP contribution is 2.36. The number of ether oxygens (including phenoxy) is 1. The molecule has 0 amide bonds. The van der Waals surface area contributed by atoms with Gasteiger partial charge in [-0.25, -0.2) is 8.78 Å². The number of hydrogen-bond acceptors (Lipinski definition) is 2. The quantitative estimate of drug-likeness (QED) is 0.762. The van der Waals surface area contributed by atoms with Crippen LogP contribution in [0.1, 0.15) is 18.5 Å². The second-order valence-electron chi connectivity index (χ2n) is 4.27. The zero-order valence-corrected chi connectivity index (χ0v) is 12.8. The first-order chi connectivity index (χ1) is 9.38. The summed E-state index contributed by atoms with van der Waals surface area (Å²) < 4.78 is 32.8. The number of rotatable bonds is 3. The van der Waals surface area contributed by atoms with E-state index in [2.05, 4.69) is 15.9 Å². The van der Waals surface area contributed by atoms with E-state index < -0.39 is 17.7 Å². The summed E-state index contributed by atoms with van der Waals surface area (Å²) in [6.07, 6.45) is 0. The average molecular weight is 363 g/mol. The predicted molar refractivity (Wildman–Crippen MR) is 78.2 cm³/mol. The Hall–Kier alpha value is -1.17. The van der Waals surface area contributed by atoms with Gasteiger partial charge in [-0.15, -0.1) is 0 Å². The van der Waals surface area contributed by atoms with Gasteiger partial charge in [0.2, 0.25) is 0 Å². The normalized spacial score (nSPS) is 12.3. The van der Waals surface area contributed by atoms with Crippen LogP contribution in [0.25, 0.3) is 0 Å². The summed E-state index contributed by atoms with van der Waals surface area (Å²) in [6.45, 7) is 1.71. The molecule has 20 heavy (non-hydrogen) atoms. The topological polar surface area (TPSA) is 35.2 Å². The third-order valence-corrected chi connectivity index (χ3v) is 3.57. The Bertz CT molecular complexity index is 649. The molecule has 106 valence electrons. The standard InChI is InChI=1S/C14H11BrClF2NO/c1-7(19)9-4-8(17)2-3-13(9)20-14-6-12(18)11(16)5-10(14)15/h2-7H,19H2,1H3/t7-/m0/s1. The van der Waals surface area contributed by atoms with Crippen LogP contribution < -0.4 is 10.5 Å². The molecule has 2 N–H and O–H groups in total. The molecule has 0 aliphatic carbocycles. The number of hydrogen-bond donors (Lipinski definition) is 1. The lowest BCUT2D eigenvalue weighted by atomic mass is 10.1. The van der Waals surface area contributed by atoms with Crippen molar-refractivity contribution in [2.45, 2.75) is 13.0 Å². The van der Waals surface area contributed by atoms with Crippen molar-refractivity contribution in [1.29, 1.82) is 0 Å².